The Morgan fingerprint density at radius 1 is 1.28 bits per heavy atom. The maximum absolute atomic E-state index is 11.9. The van der Waals surface area contributed by atoms with E-state index in [1.807, 2.05) is 0 Å². The number of nitrogens with one attached hydrogen (secondary N) is 2. The lowest BCUT2D eigenvalue weighted by atomic mass is 10.0. The van der Waals surface area contributed by atoms with Crippen molar-refractivity contribution in [3.05, 3.63) is 0 Å². The molecule has 0 aromatic rings. The van der Waals surface area contributed by atoms with Crippen LogP contribution in [0.4, 0.5) is 0 Å². The van der Waals surface area contributed by atoms with Crippen molar-refractivity contribution in [3.8, 4) is 0 Å². The van der Waals surface area contributed by atoms with Crippen LogP contribution in [0.1, 0.15) is 51.9 Å². The van der Waals surface area contributed by atoms with Gasteiger partial charge in [-0.2, -0.15) is 0 Å². The molecule has 1 aliphatic heterocycles. The van der Waals surface area contributed by atoms with Crippen LogP contribution >= 0.6 is 0 Å². The van der Waals surface area contributed by atoms with E-state index in [2.05, 4.69) is 17.0 Å². The Morgan fingerprint density at radius 3 is 2.78 bits per heavy atom. The highest BCUT2D eigenvalue weighted by molar-refractivity contribution is 7.89. The third kappa shape index (κ3) is 4.52. The van der Waals surface area contributed by atoms with Gasteiger partial charge in [-0.15, -0.1) is 0 Å². The molecule has 0 spiro atoms. The minimum atomic E-state index is -3.06. The van der Waals surface area contributed by atoms with Gasteiger partial charge in [-0.3, -0.25) is 0 Å². The minimum Gasteiger partial charge on any atom is -0.314 e. The lowest BCUT2D eigenvalue weighted by Crippen LogP contribution is -2.37. The molecule has 5 heteroatoms. The van der Waals surface area contributed by atoms with E-state index in [1.165, 1.54) is 12.8 Å². The van der Waals surface area contributed by atoms with Gasteiger partial charge >= 0.3 is 0 Å². The van der Waals surface area contributed by atoms with Gasteiger partial charge in [-0.25, -0.2) is 13.1 Å². The van der Waals surface area contributed by atoms with E-state index < -0.39 is 10.0 Å². The van der Waals surface area contributed by atoms with Crippen LogP contribution in [-0.4, -0.2) is 32.8 Å². The van der Waals surface area contributed by atoms with Crippen LogP contribution in [0, 0.1) is 5.92 Å². The first-order chi connectivity index (χ1) is 8.61. The van der Waals surface area contributed by atoms with Crippen LogP contribution in [0.5, 0.6) is 0 Å². The first-order valence-electron chi connectivity index (χ1n) is 7.34. The zero-order chi connectivity index (χ0) is 13.0. The van der Waals surface area contributed by atoms with Crippen LogP contribution in [0.2, 0.25) is 0 Å². The van der Waals surface area contributed by atoms with Gasteiger partial charge < -0.3 is 5.32 Å². The van der Waals surface area contributed by atoms with E-state index in [0.29, 0.717) is 12.0 Å². The second kappa shape index (κ2) is 6.35. The lowest BCUT2D eigenvalue weighted by Gasteiger charge is -2.23. The normalized spacial score (nSPS) is 32.4. The van der Waals surface area contributed by atoms with E-state index in [1.54, 1.807) is 0 Å². The third-order valence-electron chi connectivity index (χ3n) is 4.06. The Hall–Kier alpha value is -0.130. The topological polar surface area (TPSA) is 58.2 Å². The fraction of sp³-hybridized carbons (Fsp3) is 1.00. The van der Waals surface area contributed by atoms with Crippen LogP contribution in [0.25, 0.3) is 0 Å². The van der Waals surface area contributed by atoms with Crippen LogP contribution < -0.4 is 10.0 Å². The van der Waals surface area contributed by atoms with Crippen molar-refractivity contribution >= 4 is 10.0 Å². The smallest absolute Gasteiger partial charge is 0.211 e. The van der Waals surface area contributed by atoms with Gasteiger partial charge in [0, 0.05) is 12.1 Å². The molecule has 1 aliphatic carbocycles. The van der Waals surface area contributed by atoms with Crippen molar-refractivity contribution in [1.82, 2.24) is 10.0 Å². The summed E-state index contributed by atoms with van der Waals surface area (Å²) >= 11 is 0. The Bertz CT molecular complexity index is 350. The van der Waals surface area contributed by atoms with E-state index in [4.69, 9.17) is 0 Å². The second-order valence-electron chi connectivity index (χ2n) is 5.76. The number of hydrogen-bond donors (Lipinski definition) is 2. The molecule has 18 heavy (non-hydrogen) atoms. The number of sulfonamides is 1. The van der Waals surface area contributed by atoms with E-state index in [0.717, 1.165) is 38.6 Å². The summed E-state index contributed by atoms with van der Waals surface area (Å²) in [7, 11) is -3.06. The average Bonchev–Trinajstić information content (AvgIpc) is 3.06. The molecule has 1 saturated heterocycles. The molecule has 1 heterocycles. The van der Waals surface area contributed by atoms with Crippen molar-refractivity contribution in [3.63, 3.8) is 0 Å². The third-order valence-corrected chi connectivity index (χ3v) is 5.50. The van der Waals surface area contributed by atoms with Crippen molar-refractivity contribution in [1.29, 1.82) is 0 Å². The van der Waals surface area contributed by atoms with Gasteiger partial charge in [0.1, 0.15) is 0 Å². The number of rotatable bonds is 7. The molecule has 4 nitrogen and oxygen atoms in total. The molecule has 0 aromatic heterocycles. The SMILES string of the molecule is CCCC1CC1NS(=O)(=O)CCC1CCCCN1. The molecule has 0 radical (unpaired) electrons. The van der Waals surface area contributed by atoms with Gasteiger partial charge in [0.15, 0.2) is 0 Å². The molecule has 0 bridgehead atoms. The lowest BCUT2D eigenvalue weighted by molar-refractivity contribution is 0.392. The van der Waals surface area contributed by atoms with Gasteiger partial charge in [-0.1, -0.05) is 19.8 Å². The predicted octanol–water partition coefficient (Wildman–Crippen LogP) is 1.63. The van der Waals surface area contributed by atoms with Crippen LogP contribution in [0.15, 0.2) is 0 Å². The zero-order valence-corrected chi connectivity index (χ0v) is 12.1. The molecule has 1 saturated carbocycles. The molecule has 3 unspecified atom stereocenters. The first kappa shape index (κ1) is 14.3. The summed E-state index contributed by atoms with van der Waals surface area (Å²) in [6, 6.07) is 0.634. The fourth-order valence-corrected chi connectivity index (χ4v) is 4.30. The Morgan fingerprint density at radius 2 is 2.11 bits per heavy atom. The monoisotopic (exact) mass is 274 g/mol. The van der Waals surface area contributed by atoms with Gasteiger partial charge in [0.05, 0.1) is 5.75 Å². The average molecular weight is 274 g/mol. The summed E-state index contributed by atoms with van der Waals surface area (Å²) in [5.41, 5.74) is 0. The minimum absolute atomic E-state index is 0.231. The molecule has 3 atom stereocenters. The van der Waals surface area contributed by atoms with E-state index in [-0.39, 0.29) is 11.8 Å². The van der Waals surface area contributed by atoms with E-state index >= 15 is 0 Å². The summed E-state index contributed by atoms with van der Waals surface area (Å²) in [5.74, 6) is 0.873. The molecule has 2 N–H and O–H groups in total. The van der Waals surface area contributed by atoms with Gasteiger partial charge in [-0.05, 0) is 44.6 Å². The summed E-state index contributed by atoms with van der Waals surface area (Å²) < 4.78 is 26.7. The van der Waals surface area contributed by atoms with Gasteiger partial charge in [0.25, 0.3) is 0 Å². The van der Waals surface area contributed by atoms with Crippen molar-refractivity contribution in [2.75, 3.05) is 12.3 Å². The maximum atomic E-state index is 11.9. The summed E-state index contributed by atoms with van der Waals surface area (Å²) in [4.78, 5) is 0. The number of piperidine rings is 1. The Kier molecular flexibility index (Phi) is 5.04. The zero-order valence-electron chi connectivity index (χ0n) is 11.3. The maximum Gasteiger partial charge on any atom is 0.211 e. The van der Waals surface area contributed by atoms with Crippen molar-refractivity contribution in [2.24, 2.45) is 5.92 Å². The molecule has 2 aliphatic rings. The fourth-order valence-electron chi connectivity index (χ4n) is 2.84. The molecule has 2 rings (SSSR count). The Balaban J connectivity index is 1.67. The highest BCUT2D eigenvalue weighted by Gasteiger charge is 2.38. The van der Waals surface area contributed by atoms with Crippen molar-refractivity contribution < 1.29 is 8.42 Å². The van der Waals surface area contributed by atoms with Crippen LogP contribution in [-0.2, 0) is 10.0 Å². The molecule has 0 aromatic carbocycles. The predicted molar refractivity (Wildman–Crippen MR) is 74.0 cm³/mol. The Labute approximate surface area is 111 Å². The first-order valence-corrected chi connectivity index (χ1v) is 8.99. The number of hydrogen-bond acceptors (Lipinski definition) is 3. The summed E-state index contributed by atoms with van der Waals surface area (Å²) in [6.07, 6.45) is 7.66. The van der Waals surface area contributed by atoms with Crippen molar-refractivity contribution in [2.45, 2.75) is 64.0 Å². The summed E-state index contributed by atoms with van der Waals surface area (Å²) in [6.45, 7) is 3.19. The highest BCUT2D eigenvalue weighted by atomic mass is 32.2. The van der Waals surface area contributed by atoms with E-state index in [9.17, 15) is 8.42 Å². The largest absolute Gasteiger partial charge is 0.314 e. The molecule has 2 fully saturated rings. The molecular weight excluding hydrogens is 248 g/mol. The van der Waals surface area contributed by atoms with Crippen LogP contribution in [0.3, 0.4) is 0 Å². The quantitative estimate of drug-likeness (QED) is 0.742. The molecule has 106 valence electrons. The summed E-state index contributed by atoms with van der Waals surface area (Å²) in [5, 5.41) is 3.40. The molecule has 0 amide bonds. The van der Waals surface area contributed by atoms with Gasteiger partial charge in [0.2, 0.25) is 10.0 Å². The standard InChI is InChI=1S/C13H26N2O2S/c1-2-5-11-10-13(11)15-18(16,17)9-7-12-6-3-4-8-14-12/h11-15H,2-10H2,1H3. The second-order valence-corrected chi connectivity index (χ2v) is 7.64. The molecular formula is C13H26N2O2S. The highest BCUT2D eigenvalue weighted by Crippen LogP contribution is 2.35.